The van der Waals surface area contributed by atoms with E-state index in [9.17, 15) is 9.90 Å². The Morgan fingerprint density at radius 1 is 1.38 bits per heavy atom. The van der Waals surface area contributed by atoms with Crippen LogP contribution in [0.1, 0.15) is 16.2 Å². The topological polar surface area (TPSA) is 89.8 Å². The summed E-state index contributed by atoms with van der Waals surface area (Å²) in [6.07, 6.45) is 3.13. The number of ether oxygens (including phenoxy) is 1. The van der Waals surface area contributed by atoms with Crippen molar-refractivity contribution in [3.05, 3.63) is 54.1 Å². The fraction of sp³-hybridized carbons (Fsp3) is 0.0667. The van der Waals surface area contributed by atoms with E-state index in [0.717, 1.165) is 0 Å². The molecule has 21 heavy (non-hydrogen) atoms. The molecule has 3 N–H and O–H groups in total. The van der Waals surface area contributed by atoms with Crippen LogP contribution in [-0.4, -0.2) is 27.4 Å². The average molecular weight is 283 g/mol. The number of aromatic hydroxyl groups is 1. The third-order valence-corrected chi connectivity index (χ3v) is 3.25. The number of hydrogen-bond donors (Lipinski definition) is 2. The quantitative estimate of drug-likeness (QED) is 0.565. The van der Waals surface area contributed by atoms with Gasteiger partial charge in [0.2, 0.25) is 5.78 Å². The normalized spacial score (nSPS) is 10.7. The van der Waals surface area contributed by atoms with Crippen molar-refractivity contribution in [3.8, 4) is 11.5 Å². The second-order valence-electron chi connectivity index (χ2n) is 4.52. The largest absolute Gasteiger partial charge is 0.506 e. The van der Waals surface area contributed by atoms with E-state index in [1.807, 2.05) is 0 Å². The van der Waals surface area contributed by atoms with Gasteiger partial charge in [-0.1, -0.05) is 0 Å². The molecule has 0 atom stereocenters. The summed E-state index contributed by atoms with van der Waals surface area (Å²) in [6, 6.07) is 7.98. The number of nitrogens with two attached hydrogens (primary N) is 1. The number of methoxy groups -OCH3 is 1. The third kappa shape index (κ3) is 2.06. The maximum absolute atomic E-state index is 12.6. The zero-order chi connectivity index (χ0) is 15.0. The van der Waals surface area contributed by atoms with E-state index in [2.05, 4.69) is 4.98 Å². The van der Waals surface area contributed by atoms with Crippen molar-refractivity contribution in [1.82, 2.24) is 9.38 Å². The summed E-state index contributed by atoms with van der Waals surface area (Å²) in [5.74, 6) is 0.440. The minimum atomic E-state index is -0.279. The zero-order valence-corrected chi connectivity index (χ0v) is 11.3. The van der Waals surface area contributed by atoms with Crippen LogP contribution in [0.4, 0.5) is 5.69 Å². The monoisotopic (exact) mass is 283 g/mol. The van der Waals surface area contributed by atoms with Gasteiger partial charge in [-0.15, -0.1) is 0 Å². The molecule has 6 heteroatoms. The predicted molar refractivity (Wildman–Crippen MR) is 77.7 cm³/mol. The number of nitrogen functional groups attached to an aromatic ring is 1. The lowest BCUT2D eigenvalue weighted by Crippen LogP contribution is -2.07. The number of ketones is 1. The van der Waals surface area contributed by atoms with Gasteiger partial charge < -0.3 is 15.6 Å². The molecule has 1 aromatic carbocycles. The number of hydrogen-bond acceptors (Lipinski definition) is 5. The number of anilines is 1. The van der Waals surface area contributed by atoms with Crippen LogP contribution in [0, 0.1) is 0 Å². The van der Waals surface area contributed by atoms with E-state index >= 15 is 0 Å². The Labute approximate surface area is 120 Å². The lowest BCUT2D eigenvalue weighted by Gasteiger charge is -2.06. The zero-order valence-electron chi connectivity index (χ0n) is 11.3. The second kappa shape index (κ2) is 4.82. The summed E-state index contributed by atoms with van der Waals surface area (Å²) in [7, 11) is 1.49. The van der Waals surface area contributed by atoms with Gasteiger partial charge in [-0.3, -0.25) is 9.20 Å². The molecule has 0 fully saturated rings. The number of imidazole rings is 1. The standard InChI is InChI=1S/C15H13N3O3/c1-21-13-7-9(4-5-10(13)16)14(20)15-17-8-11-12(19)3-2-6-18(11)15/h2-8,19H,16H2,1H3. The molecule has 0 aliphatic carbocycles. The highest BCUT2D eigenvalue weighted by Crippen LogP contribution is 2.25. The summed E-state index contributed by atoms with van der Waals surface area (Å²) >= 11 is 0. The van der Waals surface area contributed by atoms with Gasteiger partial charge in [0.1, 0.15) is 17.0 Å². The molecule has 0 radical (unpaired) electrons. The summed E-state index contributed by atoms with van der Waals surface area (Å²) in [5, 5.41) is 9.75. The molecule has 0 spiro atoms. The molecule has 3 aromatic rings. The number of pyridine rings is 1. The van der Waals surface area contributed by atoms with Crippen LogP contribution in [0.2, 0.25) is 0 Å². The van der Waals surface area contributed by atoms with Crippen molar-refractivity contribution >= 4 is 17.0 Å². The molecule has 0 unspecified atom stereocenters. The Balaban J connectivity index is 2.11. The Bertz CT molecular complexity index is 839. The Hall–Kier alpha value is -3.02. The first-order chi connectivity index (χ1) is 10.1. The molecule has 0 saturated heterocycles. The average Bonchev–Trinajstić information content (AvgIpc) is 2.92. The van der Waals surface area contributed by atoms with Crippen LogP contribution in [0.3, 0.4) is 0 Å². The molecule has 2 heterocycles. The van der Waals surface area contributed by atoms with Gasteiger partial charge in [-0.25, -0.2) is 4.98 Å². The van der Waals surface area contributed by atoms with Gasteiger partial charge in [0.25, 0.3) is 0 Å². The number of rotatable bonds is 3. The molecule has 2 aromatic heterocycles. The van der Waals surface area contributed by atoms with Crippen molar-refractivity contribution in [2.45, 2.75) is 0 Å². The predicted octanol–water partition coefficient (Wildman–Crippen LogP) is 1.86. The number of fused-ring (bicyclic) bond motifs is 1. The highest BCUT2D eigenvalue weighted by molar-refractivity contribution is 6.07. The summed E-state index contributed by atoms with van der Waals surface area (Å²) in [4.78, 5) is 16.6. The van der Waals surface area contributed by atoms with Gasteiger partial charge in [-0.05, 0) is 30.3 Å². The minimum Gasteiger partial charge on any atom is -0.506 e. The molecule has 0 saturated carbocycles. The van der Waals surface area contributed by atoms with E-state index in [-0.39, 0.29) is 17.4 Å². The maximum atomic E-state index is 12.6. The van der Waals surface area contributed by atoms with Crippen LogP contribution >= 0.6 is 0 Å². The van der Waals surface area contributed by atoms with Gasteiger partial charge in [0, 0.05) is 11.8 Å². The second-order valence-corrected chi connectivity index (χ2v) is 4.52. The fourth-order valence-electron chi connectivity index (χ4n) is 2.16. The van der Waals surface area contributed by atoms with Crippen LogP contribution in [-0.2, 0) is 0 Å². The Morgan fingerprint density at radius 3 is 2.95 bits per heavy atom. The van der Waals surface area contributed by atoms with Gasteiger partial charge in [-0.2, -0.15) is 0 Å². The van der Waals surface area contributed by atoms with Crippen molar-refractivity contribution in [2.24, 2.45) is 0 Å². The first-order valence-electron chi connectivity index (χ1n) is 6.25. The molecule has 6 nitrogen and oxygen atoms in total. The number of benzene rings is 1. The van der Waals surface area contributed by atoms with E-state index in [0.29, 0.717) is 22.5 Å². The van der Waals surface area contributed by atoms with Crippen molar-refractivity contribution in [2.75, 3.05) is 12.8 Å². The molecular weight excluding hydrogens is 270 g/mol. The smallest absolute Gasteiger partial charge is 0.228 e. The molecule has 0 bridgehead atoms. The highest BCUT2D eigenvalue weighted by atomic mass is 16.5. The van der Waals surface area contributed by atoms with Crippen molar-refractivity contribution in [3.63, 3.8) is 0 Å². The van der Waals surface area contributed by atoms with Gasteiger partial charge >= 0.3 is 0 Å². The molecule has 3 rings (SSSR count). The maximum Gasteiger partial charge on any atom is 0.228 e. The van der Waals surface area contributed by atoms with Crippen LogP contribution in [0.25, 0.3) is 5.52 Å². The number of carbonyl (C=O) groups is 1. The SMILES string of the molecule is COc1cc(C(=O)c2ncc3c(O)cccn23)ccc1N. The molecule has 106 valence electrons. The first-order valence-corrected chi connectivity index (χ1v) is 6.25. The summed E-state index contributed by atoms with van der Waals surface area (Å²) in [6.45, 7) is 0. The fourth-order valence-corrected chi connectivity index (χ4v) is 2.16. The molecular formula is C15H13N3O3. The number of aromatic nitrogens is 2. The van der Waals surface area contributed by atoms with E-state index in [1.54, 1.807) is 34.9 Å². The Kier molecular flexibility index (Phi) is 2.98. The first kappa shape index (κ1) is 13.0. The van der Waals surface area contributed by atoms with Crippen LogP contribution in [0.5, 0.6) is 11.5 Å². The van der Waals surface area contributed by atoms with Crippen molar-refractivity contribution in [1.29, 1.82) is 0 Å². The third-order valence-electron chi connectivity index (χ3n) is 3.25. The van der Waals surface area contributed by atoms with Crippen molar-refractivity contribution < 1.29 is 14.6 Å². The van der Waals surface area contributed by atoms with Crippen LogP contribution < -0.4 is 10.5 Å². The minimum absolute atomic E-state index is 0.0685. The molecule has 0 aliphatic heterocycles. The molecule has 0 amide bonds. The summed E-state index contributed by atoms with van der Waals surface area (Å²) in [5.41, 5.74) is 7.09. The highest BCUT2D eigenvalue weighted by Gasteiger charge is 2.17. The lowest BCUT2D eigenvalue weighted by molar-refractivity contribution is 0.102. The van der Waals surface area contributed by atoms with Gasteiger partial charge in [0.15, 0.2) is 5.82 Å². The van der Waals surface area contributed by atoms with E-state index in [4.69, 9.17) is 10.5 Å². The Morgan fingerprint density at radius 2 is 2.19 bits per heavy atom. The lowest BCUT2D eigenvalue weighted by atomic mass is 10.1. The molecule has 0 aliphatic rings. The van der Waals surface area contributed by atoms with Gasteiger partial charge in [0.05, 0.1) is 19.0 Å². The number of carbonyl (C=O) groups excluding carboxylic acids is 1. The van der Waals surface area contributed by atoms with Crippen LogP contribution in [0.15, 0.2) is 42.7 Å². The van der Waals surface area contributed by atoms with E-state index in [1.165, 1.54) is 19.4 Å². The summed E-state index contributed by atoms with van der Waals surface area (Å²) < 4.78 is 6.66. The number of nitrogens with zero attached hydrogens (tertiary/aromatic N) is 2. The van der Waals surface area contributed by atoms with E-state index < -0.39 is 0 Å².